The number of pyridine rings is 1. The minimum absolute atomic E-state index is 0.616. The molecule has 1 N–H and O–H groups in total. The van der Waals surface area contributed by atoms with Gasteiger partial charge < -0.3 is 5.11 Å². The maximum Gasteiger partial charge on any atom is 0.324 e. The number of rotatable bonds is 5. The molecule has 1 atom stereocenters. The molecule has 0 unspecified atom stereocenters. The molecule has 0 radical (unpaired) electrons. The molecule has 1 aromatic rings. The fraction of sp³-hybridized carbons (Fsp3) is 0.538. The molecule has 4 nitrogen and oxygen atoms in total. The predicted octanol–water partition coefficient (Wildman–Crippen LogP) is 1.56. The van der Waals surface area contributed by atoms with Crippen molar-refractivity contribution in [2.45, 2.75) is 31.2 Å². The second kappa shape index (κ2) is 4.84. The fourth-order valence-electron chi connectivity index (χ4n) is 2.41. The number of hydrogen-bond donors (Lipinski definition) is 1. The zero-order valence-electron chi connectivity index (χ0n) is 10.1. The van der Waals surface area contributed by atoms with Crippen LogP contribution in [0.25, 0.3) is 0 Å². The van der Waals surface area contributed by atoms with E-state index >= 15 is 0 Å². The van der Waals surface area contributed by atoms with E-state index < -0.39 is 11.5 Å². The van der Waals surface area contributed by atoms with Gasteiger partial charge in [0.25, 0.3) is 0 Å². The third-order valence-corrected chi connectivity index (χ3v) is 3.74. The monoisotopic (exact) mass is 234 g/mol. The Kier molecular flexibility index (Phi) is 3.43. The highest BCUT2D eigenvalue weighted by atomic mass is 16.4. The van der Waals surface area contributed by atoms with Gasteiger partial charge in [-0.1, -0.05) is 6.07 Å². The van der Waals surface area contributed by atoms with Gasteiger partial charge in [0, 0.05) is 18.4 Å². The zero-order valence-corrected chi connectivity index (χ0v) is 10.1. The Morgan fingerprint density at radius 1 is 1.59 bits per heavy atom. The Labute approximate surface area is 101 Å². The Balaban J connectivity index is 1.87. The smallest absolute Gasteiger partial charge is 0.324 e. The van der Waals surface area contributed by atoms with Gasteiger partial charge in [-0.25, -0.2) is 0 Å². The first-order valence-electron chi connectivity index (χ1n) is 6.00. The van der Waals surface area contributed by atoms with Crippen molar-refractivity contribution in [2.75, 3.05) is 13.6 Å². The first kappa shape index (κ1) is 12.0. The van der Waals surface area contributed by atoms with Crippen LogP contribution in [0, 0.1) is 0 Å². The molecular formula is C13H18N2O2. The largest absolute Gasteiger partial charge is 0.480 e. The predicted molar refractivity (Wildman–Crippen MR) is 64.8 cm³/mol. The molecule has 1 saturated heterocycles. The number of likely N-dealkylation sites (tertiary alicyclic amines) is 1. The van der Waals surface area contributed by atoms with E-state index in [9.17, 15) is 9.90 Å². The van der Waals surface area contributed by atoms with Crippen molar-refractivity contribution in [2.24, 2.45) is 0 Å². The second-order valence-electron chi connectivity index (χ2n) is 4.68. The lowest BCUT2D eigenvalue weighted by molar-refractivity contribution is -0.160. The Hall–Kier alpha value is -1.42. The maximum absolute atomic E-state index is 11.3. The molecule has 0 amide bonds. The average Bonchev–Trinajstić information content (AvgIpc) is 2.33. The van der Waals surface area contributed by atoms with Gasteiger partial charge in [0.05, 0.1) is 0 Å². The van der Waals surface area contributed by atoms with E-state index in [1.165, 1.54) is 0 Å². The van der Waals surface area contributed by atoms with Crippen LogP contribution in [-0.4, -0.2) is 40.1 Å². The molecule has 1 aromatic heterocycles. The molecule has 92 valence electrons. The normalized spacial score (nSPS) is 24.3. The van der Waals surface area contributed by atoms with Gasteiger partial charge in [0.15, 0.2) is 0 Å². The van der Waals surface area contributed by atoms with Gasteiger partial charge >= 0.3 is 5.97 Å². The number of aliphatic carboxylic acids is 1. The summed E-state index contributed by atoms with van der Waals surface area (Å²) in [5.41, 5.74) is 0.421. The van der Waals surface area contributed by atoms with Gasteiger partial charge in [0.2, 0.25) is 0 Å². The van der Waals surface area contributed by atoms with Crippen LogP contribution in [0.2, 0.25) is 0 Å². The summed E-state index contributed by atoms with van der Waals surface area (Å²) in [6.07, 6.45) is 4.96. The number of aryl methyl sites for hydroxylation is 1. The third kappa shape index (κ3) is 2.31. The molecule has 0 aromatic carbocycles. The first-order chi connectivity index (χ1) is 8.15. The van der Waals surface area contributed by atoms with Gasteiger partial charge in [-0.15, -0.1) is 0 Å². The van der Waals surface area contributed by atoms with Crippen LogP contribution in [0.5, 0.6) is 0 Å². The molecule has 2 heterocycles. The van der Waals surface area contributed by atoms with Crippen molar-refractivity contribution in [3.63, 3.8) is 0 Å². The molecule has 1 aliphatic heterocycles. The molecular weight excluding hydrogens is 216 g/mol. The van der Waals surface area contributed by atoms with E-state index in [4.69, 9.17) is 0 Å². The van der Waals surface area contributed by atoms with Gasteiger partial charge in [-0.05, 0) is 44.9 Å². The summed E-state index contributed by atoms with van der Waals surface area (Å²) in [4.78, 5) is 17.5. The van der Waals surface area contributed by atoms with Gasteiger partial charge in [-0.2, -0.15) is 0 Å². The van der Waals surface area contributed by atoms with E-state index in [1.807, 2.05) is 30.1 Å². The van der Waals surface area contributed by atoms with Crippen LogP contribution in [0.4, 0.5) is 0 Å². The number of likely N-dealkylation sites (N-methyl/N-ethyl adjacent to an activating group) is 1. The van der Waals surface area contributed by atoms with Crippen LogP contribution in [0.3, 0.4) is 0 Å². The first-order valence-corrected chi connectivity index (χ1v) is 6.00. The molecule has 1 fully saturated rings. The number of hydrogen-bond acceptors (Lipinski definition) is 3. The summed E-state index contributed by atoms with van der Waals surface area (Å²) in [5.74, 6) is -0.688. The molecule has 17 heavy (non-hydrogen) atoms. The number of carboxylic acids is 1. The van der Waals surface area contributed by atoms with Crippen molar-refractivity contribution in [1.82, 2.24) is 9.88 Å². The molecule has 1 aliphatic rings. The summed E-state index contributed by atoms with van der Waals surface area (Å²) in [7, 11) is 1.89. The summed E-state index contributed by atoms with van der Waals surface area (Å²) in [6.45, 7) is 0.885. The van der Waals surface area contributed by atoms with Crippen molar-refractivity contribution >= 4 is 5.97 Å². The number of aromatic nitrogens is 1. The van der Waals surface area contributed by atoms with Gasteiger partial charge in [-0.3, -0.25) is 14.7 Å². The van der Waals surface area contributed by atoms with Crippen LogP contribution < -0.4 is 0 Å². The van der Waals surface area contributed by atoms with Crippen molar-refractivity contribution in [3.8, 4) is 0 Å². The van der Waals surface area contributed by atoms with Crippen molar-refractivity contribution in [3.05, 3.63) is 30.1 Å². The standard InChI is InChI=1S/C13H18N2O2/c1-15-10-8-13(15,12(16)17)7-4-6-11-5-2-3-9-14-11/h2-3,5,9H,4,6-8,10H2,1H3,(H,16,17)/t13-/m1/s1. The van der Waals surface area contributed by atoms with E-state index in [0.29, 0.717) is 6.42 Å². The van der Waals surface area contributed by atoms with Crippen molar-refractivity contribution in [1.29, 1.82) is 0 Å². The third-order valence-electron chi connectivity index (χ3n) is 3.74. The quantitative estimate of drug-likeness (QED) is 0.840. The number of nitrogens with zero attached hydrogens (tertiary/aromatic N) is 2. The lowest BCUT2D eigenvalue weighted by Crippen LogP contribution is -2.62. The fourth-order valence-corrected chi connectivity index (χ4v) is 2.41. The van der Waals surface area contributed by atoms with Crippen molar-refractivity contribution < 1.29 is 9.90 Å². The van der Waals surface area contributed by atoms with Crippen LogP contribution in [-0.2, 0) is 11.2 Å². The van der Waals surface area contributed by atoms with Gasteiger partial charge in [0.1, 0.15) is 5.54 Å². The van der Waals surface area contributed by atoms with E-state index in [-0.39, 0.29) is 0 Å². The maximum atomic E-state index is 11.3. The van der Waals surface area contributed by atoms with Crippen LogP contribution in [0.15, 0.2) is 24.4 Å². The highest BCUT2D eigenvalue weighted by Crippen LogP contribution is 2.34. The summed E-state index contributed by atoms with van der Waals surface area (Å²) in [5, 5.41) is 9.29. The highest BCUT2D eigenvalue weighted by Gasteiger charge is 2.48. The minimum atomic E-state index is -0.688. The van der Waals surface area contributed by atoms with Crippen LogP contribution >= 0.6 is 0 Å². The summed E-state index contributed by atoms with van der Waals surface area (Å²) in [6, 6.07) is 5.84. The van der Waals surface area contributed by atoms with Crippen LogP contribution in [0.1, 0.15) is 25.0 Å². The molecule has 0 saturated carbocycles. The zero-order chi connectivity index (χ0) is 12.3. The molecule has 0 aliphatic carbocycles. The highest BCUT2D eigenvalue weighted by molar-refractivity contribution is 5.80. The topological polar surface area (TPSA) is 53.4 Å². The molecule has 2 rings (SSSR count). The molecule has 0 spiro atoms. The Morgan fingerprint density at radius 2 is 2.41 bits per heavy atom. The lowest BCUT2D eigenvalue weighted by Gasteiger charge is -2.47. The number of carbonyl (C=O) groups is 1. The number of carboxylic acid groups (broad SMARTS) is 1. The lowest BCUT2D eigenvalue weighted by atomic mass is 9.80. The second-order valence-corrected chi connectivity index (χ2v) is 4.68. The summed E-state index contributed by atoms with van der Waals surface area (Å²) < 4.78 is 0. The summed E-state index contributed by atoms with van der Waals surface area (Å²) >= 11 is 0. The average molecular weight is 234 g/mol. The SMILES string of the molecule is CN1CC[C@]1(CCCc1ccccn1)C(=O)O. The molecule has 0 bridgehead atoms. The Morgan fingerprint density at radius 3 is 2.88 bits per heavy atom. The molecule has 4 heteroatoms. The Bertz CT molecular complexity index is 394. The minimum Gasteiger partial charge on any atom is -0.480 e. The van der Waals surface area contributed by atoms with E-state index in [1.54, 1.807) is 6.20 Å². The van der Waals surface area contributed by atoms with E-state index in [2.05, 4.69) is 4.98 Å². The van der Waals surface area contributed by atoms with E-state index in [0.717, 1.165) is 31.5 Å².